The molecule has 1 saturated heterocycles. The number of hydrogen-bond acceptors (Lipinski definition) is 6. The van der Waals surface area contributed by atoms with E-state index in [9.17, 15) is 4.79 Å². The van der Waals surface area contributed by atoms with Gasteiger partial charge in [0.05, 0.1) is 17.2 Å². The molecule has 0 saturated carbocycles. The van der Waals surface area contributed by atoms with Crippen molar-refractivity contribution < 1.29 is 9.53 Å². The summed E-state index contributed by atoms with van der Waals surface area (Å²) in [6.45, 7) is 7.83. The molecule has 2 aromatic rings. The number of piperidine rings is 1. The summed E-state index contributed by atoms with van der Waals surface area (Å²) in [4.78, 5) is 20.9. The number of hydrogen-bond donors (Lipinski definition) is 1. The van der Waals surface area contributed by atoms with Crippen LogP contribution in [0.25, 0.3) is 21.5 Å². The average Bonchev–Trinajstić information content (AvgIpc) is 2.93. The van der Waals surface area contributed by atoms with Gasteiger partial charge in [-0.05, 0) is 56.9 Å². The highest BCUT2D eigenvalue weighted by Gasteiger charge is 2.20. The Bertz CT molecular complexity index is 753. The van der Waals surface area contributed by atoms with Gasteiger partial charge in [0.15, 0.2) is 5.95 Å². The molecule has 1 N–H and O–H groups in total. The highest BCUT2D eigenvalue weighted by atomic mass is 16.5. The van der Waals surface area contributed by atoms with Crippen molar-refractivity contribution in [1.29, 1.82) is 0 Å². The summed E-state index contributed by atoms with van der Waals surface area (Å²) < 4.78 is 6.54. The minimum absolute atomic E-state index is 0.272. The SMILES string of the molecule is CC(C)(C)OC=O.[N-]=[N+]=Nc1nc2ccncc2n1C1CCCNC1. The van der Waals surface area contributed by atoms with Crippen LogP contribution in [-0.4, -0.2) is 39.7 Å². The van der Waals surface area contributed by atoms with Crippen molar-refractivity contribution in [1.82, 2.24) is 19.9 Å². The van der Waals surface area contributed by atoms with Crippen LogP contribution in [0.1, 0.15) is 39.7 Å². The van der Waals surface area contributed by atoms with Crippen LogP contribution in [-0.2, 0) is 9.53 Å². The van der Waals surface area contributed by atoms with Crippen molar-refractivity contribution >= 4 is 23.5 Å². The van der Waals surface area contributed by atoms with E-state index in [1.807, 2.05) is 31.4 Å². The van der Waals surface area contributed by atoms with Crippen LogP contribution in [0.2, 0.25) is 0 Å². The molecule has 0 amide bonds. The number of fused-ring (bicyclic) bond motifs is 1. The fourth-order valence-electron chi connectivity index (χ4n) is 2.60. The van der Waals surface area contributed by atoms with E-state index in [-0.39, 0.29) is 11.6 Å². The van der Waals surface area contributed by atoms with E-state index in [4.69, 9.17) is 5.53 Å². The molecule has 1 aliphatic rings. The van der Waals surface area contributed by atoms with Gasteiger partial charge in [-0.25, -0.2) is 4.98 Å². The minimum Gasteiger partial charge on any atom is -0.462 e. The molecule has 0 aromatic carbocycles. The molecule has 9 nitrogen and oxygen atoms in total. The van der Waals surface area contributed by atoms with E-state index in [0.717, 1.165) is 37.0 Å². The lowest BCUT2D eigenvalue weighted by Gasteiger charge is -2.25. The smallest absolute Gasteiger partial charge is 0.293 e. The highest BCUT2D eigenvalue weighted by Crippen LogP contribution is 2.29. The molecular formula is C16H23N7O2. The highest BCUT2D eigenvalue weighted by molar-refractivity contribution is 5.77. The lowest BCUT2D eigenvalue weighted by atomic mass is 10.1. The summed E-state index contributed by atoms with van der Waals surface area (Å²) in [7, 11) is 0. The summed E-state index contributed by atoms with van der Waals surface area (Å²) in [5, 5.41) is 7.05. The molecule has 25 heavy (non-hydrogen) atoms. The van der Waals surface area contributed by atoms with Crippen molar-refractivity contribution in [2.75, 3.05) is 13.1 Å². The van der Waals surface area contributed by atoms with Crippen LogP contribution < -0.4 is 5.32 Å². The Morgan fingerprint density at radius 3 is 2.88 bits per heavy atom. The Kier molecular flexibility index (Phi) is 6.32. The fraction of sp³-hybridized carbons (Fsp3) is 0.562. The molecule has 0 radical (unpaired) electrons. The number of nitrogens with one attached hydrogen (secondary N) is 1. The second-order valence-corrected chi connectivity index (χ2v) is 6.66. The molecule has 1 atom stereocenters. The Hall–Kier alpha value is -2.64. The third kappa shape index (κ3) is 5.17. The first-order chi connectivity index (χ1) is 12.0. The standard InChI is InChI=1S/C11H13N7.C5H10O2/c12-17-16-11-15-9-3-5-14-7-10(9)18(11)8-2-1-4-13-6-8;1-5(2,3)7-4-6/h3,5,7-8,13H,1-2,4,6H2;4H,1-3H3. The number of nitrogens with zero attached hydrogens (tertiary/aromatic N) is 6. The number of ether oxygens (including phenoxy) is 1. The van der Waals surface area contributed by atoms with E-state index >= 15 is 0 Å². The molecule has 0 bridgehead atoms. The van der Waals surface area contributed by atoms with Gasteiger partial charge in [-0.1, -0.05) is 0 Å². The molecule has 1 fully saturated rings. The topological polar surface area (TPSA) is 118 Å². The lowest BCUT2D eigenvalue weighted by Crippen LogP contribution is -2.31. The Morgan fingerprint density at radius 2 is 2.32 bits per heavy atom. The van der Waals surface area contributed by atoms with Gasteiger partial charge >= 0.3 is 0 Å². The van der Waals surface area contributed by atoms with Crippen LogP contribution in [0.5, 0.6) is 0 Å². The van der Waals surface area contributed by atoms with Gasteiger partial charge in [-0.3, -0.25) is 9.78 Å². The third-order valence-corrected chi connectivity index (χ3v) is 3.65. The summed E-state index contributed by atoms with van der Waals surface area (Å²) in [6.07, 6.45) is 5.63. The molecule has 2 aromatic heterocycles. The predicted molar refractivity (Wildman–Crippen MR) is 94.4 cm³/mol. The molecule has 9 heteroatoms. The Morgan fingerprint density at radius 1 is 1.52 bits per heavy atom. The summed E-state index contributed by atoms with van der Waals surface area (Å²) in [5.41, 5.74) is 10.1. The largest absolute Gasteiger partial charge is 0.462 e. The van der Waals surface area contributed by atoms with Gasteiger partial charge in [0.1, 0.15) is 5.60 Å². The zero-order valence-electron chi connectivity index (χ0n) is 14.7. The normalized spacial score (nSPS) is 17.2. The molecule has 3 heterocycles. The lowest BCUT2D eigenvalue weighted by molar-refractivity contribution is -0.138. The first-order valence-corrected chi connectivity index (χ1v) is 8.15. The fourth-order valence-corrected chi connectivity index (χ4v) is 2.60. The monoisotopic (exact) mass is 345 g/mol. The van der Waals surface area contributed by atoms with Crippen molar-refractivity contribution in [2.24, 2.45) is 5.11 Å². The van der Waals surface area contributed by atoms with E-state index in [1.54, 1.807) is 12.4 Å². The first kappa shape index (κ1) is 18.7. The number of pyridine rings is 1. The number of azide groups is 1. The molecule has 1 aliphatic heterocycles. The number of imidazole rings is 1. The van der Waals surface area contributed by atoms with Crippen molar-refractivity contribution in [2.45, 2.75) is 45.3 Å². The van der Waals surface area contributed by atoms with E-state index in [1.165, 1.54) is 0 Å². The van der Waals surface area contributed by atoms with Gasteiger partial charge in [-0.15, -0.1) is 0 Å². The van der Waals surface area contributed by atoms with Crippen LogP contribution in [0.15, 0.2) is 23.6 Å². The maximum Gasteiger partial charge on any atom is 0.293 e. The van der Waals surface area contributed by atoms with Crippen molar-refractivity contribution in [3.63, 3.8) is 0 Å². The van der Waals surface area contributed by atoms with Crippen LogP contribution in [0, 0.1) is 0 Å². The van der Waals surface area contributed by atoms with Crippen LogP contribution >= 0.6 is 0 Å². The summed E-state index contributed by atoms with van der Waals surface area (Å²) >= 11 is 0. The predicted octanol–water partition coefficient (Wildman–Crippen LogP) is 3.26. The number of carbonyl (C=O) groups excluding carboxylic acids is 1. The van der Waals surface area contributed by atoms with E-state index in [0.29, 0.717) is 12.4 Å². The number of carbonyl (C=O) groups is 1. The molecule has 1 unspecified atom stereocenters. The summed E-state index contributed by atoms with van der Waals surface area (Å²) in [6, 6.07) is 2.10. The van der Waals surface area contributed by atoms with E-state index < -0.39 is 0 Å². The second kappa shape index (κ2) is 8.46. The Balaban J connectivity index is 0.000000277. The first-order valence-electron chi connectivity index (χ1n) is 8.15. The molecule has 0 spiro atoms. The van der Waals surface area contributed by atoms with Crippen molar-refractivity contribution in [3.8, 4) is 0 Å². The zero-order chi connectivity index (χ0) is 18.3. The Labute approximate surface area is 146 Å². The van der Waals surface area contributed by atoms with Crippen LogP contribution in [0.4, 0.5) is 5.95 Å². The van der Waals surface area contributed by atoms with Gasteiger partial charge in [0.2, 0.25) is 0 Å². The van der Waals surface area contributed by atoms with Crippen LogP contribution in [0.3, 0.4) is 0 Å². The van der Waals surface area contributed by atoms with Crippen molar-refractivity contribution in [3.05, 3.63) is 28.9 Å². The third-order valence-electron chi connectivity index (χ3n) is 3.65. The summed E-state index contributed by atoms with van der Waals surface area (Å²) in [5.74, 6) is 0.425. The number of aromatic nitrogens is 3. The zero-order valence-corrected chi connectivity index (χ0v) is 14.7. The molecular weight excluding hydrogens is 322 g/mol. The molecule has 134 valence electrons. The van der Waals surface area contributed by atoms with Gasteiger partial charge in [0.25, 0.3) is 6.47 Å². The van der Waals surface area contributed by atoms with Gasteiger partial charge in [0, 0.05) is 23.7 Å². The second-order valence-electron chi connectivity index (χ2n) is 6.66. The quantitative estimate of drug-likeness (QED) is 0.396. The average molecular weight is 345 g/mol. The maximum absolute atomic E-state index is 9.60. The maximum atomic E-state index is 9.60. The molecule has 0 aliphatic carbocycles. The van der Waals surface area contributed by atoms with E-state index in [2.05, 4.69) is 30.0 Å². The minimum atomic E-state index is -0.318. The van der Waals surface area contributed by atoms with Gasteiger partial charge in [-0.2, -0.15) is 0 Å². The number of rotatable bonds is 3. The molecule has 3 rings (SSSR count). The van der Waals surface area contributed by atoms with Gasteiger partial charge < -0.3 is 14.6 Å².